The number of nitrogens with zero attached hydrogens (tertiary/aromatic N) is 2. The molecule has 0 unspecified atom stereocenters. The largest absolute Gasteiger partial charge is 0.382 e. The molecule has 1 rings (SSSR count). The summed E-state index contributed by atoms with van der Waals surface area (Å²) in [6.45, 7) is 8.77. The Morgan fingerprint density at radius 1 is 1.26 bits per heavy atom. The first-order valence-electron chi connectivity index (χ1n) is 8.18. The van der Waals surface area contributed by atoms with E-state index in [9.17, 15) is 8.42 Å². The van der Waals surface area contributed by atoms with Crippen molar-refractivity contribution < 1.29 is 13.2 Å². The molecule has 0 spiro atoms. The molecule has 0 aliphatic carbocycles. The third-order valence-electron chi connectivity index (χ3n) is 3.37. The van der Waals surface area contributed by atoms with Gasteiger partial charge >= 0.3 is 0 Å². The summed E-state index contributed by atoms with van der Waals surface area (Å²) >= 11 is 0. The molecule has 1 saturated heterocycles. The fraction of sp³-hybridized carbons (Fsp3) is 0.929. The van der Waals surface area contributed by atoms with Gasteiger partial charge in [0.2, 0.25) is 10.0 Å². The van der Waals surface area contributed by atoms with E-state index in [4.69, 9.17) is 4.74 Å². The number of halogens is 1. The average molecular weight is 462 g/mol. The first kappa shape index (κ1) is 22.9. The van der Waals surface area contributed by atoms with Crippen LogP contribution < -0.4 is 10.6 Å². The maximum atomic E-state index is 11.7. The van der Waals surface area contributed by atoms with Crippen molar-refractivity contribution in [3.8, 4) is 0 Å². The zero-order chi connectivity index (χ0) is 16.3. The van der Waals surface area contributed by atoms with Gasteiger partial charge in [-0.1, -0.05) is 0 Å². The molecule has 1 fully saturated rings. The van der Waals surface area contributed by atoms with Crippen LogP contribution in [0.2, 0.25) is 0 Å². The Hall–Kier alpha value is -0.130. The number of hydrogen-bond acceptors (Lipinski definition) is 4. The van der Waals surface area contributed by atoms with Crippen LogP contribution in [0.5, 0.6) is 0 Å². The first-order chi connectivity index (χ1) is 10.6. The van der Waals surface area contributed by atoms with Gasteiger partial charge in [0, 0.05) is 45.9 Å². The quantitative estimate of drug-likeness (QED) is 0.219. The third kappa shape index (κ3) is 9.68. The predicted molar refractivity (Wildman–Crippen MR) is 105 cm³/mol. The van der Waals surface area contributed by atoms with Crippen LogP contribution >= 0.6 is 24.0 Å². The molecule has 0 aromatic heterocycles. The number of nitrogens with one attached hydrogen (secondary N) is 2. The second kappa shape index (κ2) is 13.2. The van der Waals surface area contributed by atoms with Crippen molar-refractivity contribution >= 4 is 40.0 Å². The van der Waals surface area contributed by atoms with Crippen LogP contribution in [-0.4, -0.2) is 70.4 Å². The lowest BCUT2D eigenvalue weighted by Gasteiger charge is -2.16. The average Bonchev–Trinajstić information content (AvgIpc) is 2.81. The molecule has 7 nitrogen and oxygen atoms in total. The van der Waals surface area contributed by atoms with Crippen LogP contribution in [-0.2, 0) is 14.8 Å². The summed E-state index contributed by atoms with van der Waals surface area (Å²) in [5.41, 5.74) is 0. The van der Waals surface area contributed by atoms with Crippen molar-refractivity contribution in [1.82, 2.24) is 14.9 Å². The summed E-state index contributed by atoms with van der Waals surface area (Å²) in [4.78, 5) is 4.48. The van der Waals surface area contributed by atoms with E-state index in [2.05, 4.69) is 15.6 Å². The lowest BCUT2D eigenvalue weighted by molar-refractivity contribution is 0.144. The molecule has 9 heteroatoms. The minimum absolute atomic E-state index is 0. The molecule has 0 saturated carbocycles. The van der Waals surface area contributed by atoms with Crippen LogP contribution in [0.1, 0.15) is 33.1 Å². The van der Waals surface area contributed by atoms with Crippen molar-refractivity contribution in [1.29, 1.82) is 0 Å². The Morgan fingerprint density at radius 2 is 2.04 bits per heavy atom. The standard InChI is InChI=1S/C14H30N4O3S.HI/c1-3-15-14(16-8-5-6-12-21-4-2)17-9-11-18-10-7-13-22(18,19)20;/h3-13H2,1-2H3,(H2,15,16,17);1H. The van der Waals surface area contributed by atoms with Crippen molar-refractivity contribution in [2.45, 2.75) is 33.1 Å². The first-order valence-corrected chi connectivity index (χ1v) is 9.78. The van der Waals surface area contributed by atoms with E-state index in [0.717, 1.165) is 51.5 Å². The normalized spacial score (nSPS) is 17.7. The Morgan fingerprint density at radius 3 is 2.65 bits per heavy atom. The molecule has 0 atom stereocenters. The fourth-order valence-electron chi connectivity index (χ4n) is 2.23. The van der Waals surface area contributed by atoms with Gasteiger partial charge in [0.05, 0.1) is 5.75 Å². The van der Waals surface area contributed by atoms with Crippen LogP contribution in [0, 0.1) is 0 Å². The summed E-state index contributed by atoms with van der Waals surface area (Å²) < 4.78 is 30.2. The Kier molecular flexibility index (Phi) is 13.1. The molecule has 1 aliphatic rings. The molecule has 2 N–H and O–H groups in total. The van der Waals surface area contributed by atoms with Crippen molar-refractivity contribution in [3.05, 3.63) is 0 Å². The van der Waals surface area contributed by atoms with Crippen LogP contribution in [0.3, 0.4) is 0 Å². The summed E-state index contributed by atoms with van der Waals surface area (Å²) in [6.07, 6.45) is 2.72. The van der Waals surface area contributed by atoms with Crippen molar-refractivity contribution in [2.75, 3.05) is 51.7 Å². The summed E-state index contributed by atoms with van der Waals surface area (Å²) in [5, 5.41) is 6.36. The molecule has 0 radical (unpaired) electrons. The molecule has 1 aliphatic heterocycles. The van der Waals surface area contributed by atoms with Crippen molar-refractivity contribution in [3.63, 3.8) is 0 Å². The number of ether oxygens (including phenoxy) is 1. The second-order valence-electron chi connectivity index (χ2n) is 5.16. The minimum atomic E-state index is -3.01. The van der Waals surface area contributed by atoms with E-state index in [1.807, 2.05) is 13.8 Å². The molecule has 1 heterocycles. The highest BCUT2D eigenvalue weighted by atomic mass is 127. The lowest BCUT2D eigenvalue weighted by atomic mass is 10.3. The van der Waals surface area contributed by atoms with E-state index in [0.29, 0.717) is 19.6 Å². The van der Waals surface area contributed by atoms with Crippen LogP contribution in [0.4, 0.5) is 0 Å². The Labute approximate surface area is 157 Å². The summed E-state index contributed by atoms with van der Waals surface area (Å²) in [6, 6.07) is 0. The van der Waals surface area contributed by atoms with Gasteiger partial charge in [-0.15, -0.1) is 24.0 Å². The second-order valence-corrected chi connectivity index (χ2v) is 7.25. The number of unbranched alkanes of at least 4 members (excludes halogenated alkanes) is 1. The number of aliphatic imine (C=N–C) groups is 1. The van der Waals surface area contributed by atoms with Gasteiger partial charge < -0.3 is 15.4 Å². The van der Waals surface area contributed by atoms with Gasteiger partial charge in [-0.05, 0) is 33.1 Å². The molecule has 138 valence electrons. The van der Waals surface area contributed by atoms with E-state index in [1.54, 1.807) is 4.31 Å². The molecule has 0 bridgehead atoms. The van der Waals surface area contributed by atoms with Gasteiger partial charge in [0.15, 0.2) is 5.96 Å². The van der Waals surface area contributed by atoms with Gasteiger partial charge in [-0.2, -0.15) is 0 Å². The fourth-order valence-corrected chi connectivity index (χ4v) is 3.76. The maximum Gasteiger partial charge on any atom is 0.214 e. The molecular formula is C14H31IN4O3S. The van der Waals surface area contributed by atoms with Gasteiger partial charge in [0.1, 0.15) is 0 Å². The number of rotatable bonds is 10. The predicted octanol–water partition coefficient (Wildman–Crippen LogP) is 1.01. The van der Waals surface area contributed by atoms with E-state index < -0.39 is 10.0 Å². The number of guanidine groups is 1. The molecule has 0 aromatic rings. The number of sulfonamides is 1. The van der Waals surface area contributed by atoms with Crippen LogP contribution in [0.15, 0.2) is 4.99 Å². The van der Waals surface area contributed by atoms with Crippen LogP contribution in [0.25, 0.3) is 0 Å². The van der Waals surface area contributed by atoms with E-state index in [-0.39, 0.29) is 29.7 Å². The zero-order valence-electron chi connectivity index (χ0n) is 14.2. The lowest BCUT2D eigenvalue weighted by Crippen LogP contribution is -2.42. The monoisotopic (exact) mass is 462 g/mol. The van der Waals surface area contributed by atoms with E-state index in [1.165, 1.54) is 0 Å². The highest BCUT2D eigenvalue weighted by Gasteiger charge is 2.27. The smallest absolute Gasteiger partial charge is 0.214 e. The maximum absolute atomic E-state index is 11.7. The molecule has 0 aromatic carbocycles. The third-order valence-corrected chi connectivity index (χ3v) is 5.33. The van der Waals surface area contributed by atoms with Gasteiger partial charge in [0.25, 0.3) is 0 Å². The highest BCUT2D eigenvalue weighted by Crippen LogP contribution is 2.11. The molecular weight excluding hydrogens is 431 g/mol. The Bertz CT molecular complexity index is 432. The highest BCUT2D eigenvalue weighted by molar-refractivity contribution is 14.0. The van der Waals surface area contributed by atoms with Crippen molar-refractivity contribution in [2.24, 2.45) is 4.99 Å². The van der Waals surface area contributed by atoms with E-state index >= 15 is 0 Å². The summed E-state index contributed by atoms with van der Waals surface area (Å²) in [7, 11) is -3.01. The topological polar surface area (TPSA) is 83.0 Å². The minimum Gasteiger partial charge on any atom is -0.382 e. The molecule has 23 heavy (non-hydrogen) atoms. The Balaban J connectivity index is 0.00000484. The number of hydrogen-bond donors (Lipinski definition) is 2. The summed E-state index contributed by atoms with van der Waals surface area (Å²) in [5.74, 6) is 1.02. The zero-order valence-corrected chi connectivity index (χ0v) is 17.4. The molecule has 0 amide bonds. The van der Waals surface area contributed by atoms with Gasteiger partial charge in [-0.25, -0.2) is 12.7 Å². The SMILES string of the molecule is CCNC(=NCCCCOCC)NCCN1CCCS1(=O)=O.I. The van der Waals surface area contributed by atoms with Gasteiger partial charge in [-0.3, -0.25) is 4.99 Å².